The number of carbonyl (C=O) groups is 2. The molecule has 2 aliphatic rings. The number of fused-ring (bicyclic) bond motifs is 2. The molecular formula is C27H24N2O8S. The van der Waals surface area contributed by atoms with Crippen molar-refractivity contribution < 1.29 is 37.0 Å². The molecule has 1 atom stereocenters. The molecule has 3 aromatic rings. The molecule has 1 amide bonds. The second-order valence-electron chi connectivity index (χ2n) is 8.65. The SMILES string of the molecule is COC(=O)c1cccc(S(=O)(=O)N(Cc2ccc3c(c2)OCO3)CC2C=c3ccc(OC)cc3=NC2=O)c1. The number of nitrogens with zero attached hydrogens (tertiary/aromatic N) is 2. The molecule has 2 aliphatic heterocycles. The van der Waals surface area contributed by atoms with Crippen LogP contribution in [-0.2, 0) is 26.1 Å². The van der Waals surface area contributed by atoms with Crippen LogP contribution in [0.4, 0.5) is 0 Å². The van der Waals surface area contributed by atoms with E-state index in [9.17, 15) is 18.0 Å². The Labute approximate surface area is 218 Å². The zero-order chi connectivity index (χ0) is 26.9. The van der Waals surface area contributed by atoms with Gasteiger partial charge in [0.15, 0.2) is 11.5 Å². The molecule has 0 aromatic heterocycles. The highest BCUT2D eigenvalue weighted by Gasteiger charge is 2.31. The summed E-state index contributed by atoms with van der Waals surface area (Å²) in [5, 5.41) is 1.16. The molecule has 0 aliphatic carbocycles. The summed E-state index contributed by atoms with van der Waals surface area (Å²) in [6.45, 7) is -0.153. The van der Waals surface area contributed by atoms with Crippen molar-refractivity contribution in [1.29, 1.82) is 0 Å². The molecule has 0 spiro atoms. The third-order valence-corrected chi connectivity index (χ3v) is 8.06. The van der Waals surface area contributed by atoms with Gasteiger partial charge in [-0.3, -0.25) is 4.79 Å². The minimum Gasteiger partial charge on any atom is -0.497 e. The van der Waals surface area contributed by atoms with Crippen molar-refractivity contribution in [2.45, 2.75) is 11.4 Å². The molecule has 0 N–H and O–H groups in total. The van der Waals surface area contributed by atoms with E-state index in [0.717, 1.165) is 0 Å². The lowest BCUT2D eigenvalue weighted by Gasteiger charge is -2.25. The average Bonchev–Trinajstić information content (AvgIpc) is 3.40. The molecule has 0 bridgehead atoms. The Balaban J connectivity index is 1.53. The molecule has 38 heavy (non-hydrogen) atoms. The van der Waals surface area contributed by atoms with Crippen LogP contribution in [0.15, 0.2) is 70.6 Å². The van der Waals surface area contributed by atoms with Crippen molar-refractivity contribution in [2.75, 3.05) is 27.6 Å². The normalized spacial score (nSPS) is 15.9. The van der Waals surface area contributed by atoms with Crippen molar-refractivity contribution in [2.24, 2.45) is 10.9 Å². The first-order valence-corrected chi connectivity index (χ1v) is 13.1. The second kappa shape index (κ2) is 10.3. The first-order chi connectivity index (χ1) is 18.3. The van der Waals surface area contributed by atoms with Crippen LogP contribution in [-0.4, -0.2) is 52.2 Å². The third-order valence-electron chi connectivity index (χ3n) is 6.26. The zero-order valence-corrected chi connectivity index (χ0v) is 21.4. The number of esters is 1. The first kappa shape index (κ1) is 25.4. The number of amides is 1. The van der Waals surface area contributed by atoms with Crippen LogP contribution in [0.5, 0.6) is 17.2 Å². The molecule has 5 rings (SSSR count). The fourth-order valence-corrected chi connectivity index (χ4v) is 5.77. The van der Waals surface area contributed by atoms with Crippen LogP contribution in [0.3, 0.4) is 0 Å². The van der Waals surface area contributed by atoms with Gasteiger partial charge in [0.1, 0.15) is 5.75 Å². The number of ether oxygens (including phenoxy) is 4. The highest BCUT2D eigenvalue weighted by atomic mass is 32.2. The van der Waals surface area contributed by atoms with Gasteiger partial charge in [0, 0.05) is 19.2 Å². The maximum absolute atomic E-state index is 13.9. The Morgan fingerprint density at radius 2 is 1.87 bits per heavy atom. The minimum atomic E-state index is -4.17. The van der Waals surface area contributed by atoms with E-state index in [4.69, 9.17) is 18.9 Å². The van der Waals surface area contributed by atoms with E-state index in [0.29, 0.717) is 33.4 Å². The summed E-state index contributed by atoms with van der Waals surface area (Å²) in [6, 6.07) is 15.9. The smallest absolute Gasteiger partial charge is 0.337 e. The van der Waals surface area contributed by atoms with Gasteiger partial charge in [-0.05, 0) is 53.2 Å². The Kier molecular flexibility index (Phi) is 6.87. The molecule has 3 aromatic carbocycles. The van der Waals surface area contributed by atoms with Crippen molar-refractivity contribution in [3.63, 3.8) is 0 Å². The molecule has 0 saturated carbocycles. The number of methoxy groups -OCH3 is 2. The van der Waals surface area contributed by atoms with Gasteiger partial charge in [-0.15, -0.1) is 0 Å². The van der Waals surface area contributed by atoms with E-state index in [2.05, 4.69) is 4.99 Å². The fourth-order valence-electron chi connectivity index (χ4n) is 4.27. The van der Waals surface area contributed by atoms with Crippen LogP contribution in [0.1, 0.15) is 15.9 Å². The molecule has 196 valence electrons. The number of rotatable bonds is 8. The van der Waals surface area contributed by atoms with Gasteiger partial charge in [-0.2, -0.15) is 4.31 Å². The highest BCUT2D eigenvalue weighted by molar-refractivity contribution is 7.89. The topological polar surface area (TPSA) is 121 Å². The summed E-state index contributed by atoms with van der Waals surface area (Å²) >= 11 is 0. The van der Waals surface area contributed by atoms with Gasteiger partial charge < -0.3 is 18.9 Å². The molecule has 11 heteroatoms. The van der Waals surface area contributed by atoms with E-state index >= 15 is 0 Å². The summed E-state index contributed by atoms with van der Waals surface area (Å²) < 4.78 is 49.7. The number of benzene rings is 3. The number of hydrogen-bond acceptors (Lipinski definition) is 8. The summed E-state index contributed by atoms with van der Waals surface area (Å²) in [4.78, 5) is 29.1. The monoisotopic (exact) mass is 536 g/mol. The largest absolute Gasteiger partial charge is 0.497 e. The molecule has 1 unspecified atom stereocenters. The van der Waals surface area contributed by atoms with Gasteiger partial charge in [-0.1, -0.05) is 18.2 Å². The van der Waals surface area contributed by atoms with Crippen molar-refractivity contribution in [3.05, 3.63) is 82.4 Å². The third kappa shape index (κ3) is 4.98. The fraction of sp³-hybridized carbons (Fsp3) is 0.222. The predicted octanol–water partition coefficient (Wildman–Crippen LogP) is 1.66. The number of hydrogen-bond donors (Lipinski definition) is 0. The standard InChI is InChI=1S/C27H24N2O8S/c1-34-21-8-7-18-11-20(26(30)28-23(18)13-21)15-29(14-17-6-9-24-25(10-17)37-16-36-24)38(32,33)22-5-3-4-19(12-22)27(31)35-2/h3-13,20H,14-16H2,1-2H3. The summed E-state index contributed by atoms with van der Waals surface area (Å²) in [7, 11) is -1.43. The van der Waals surface area contributed by atoms with Gasteiger partial charge in [0.2, 0.25) is 16.8 Å². The van der Waals surface area contributed by atoms with E-state index in [-0.39, 0.29) is 30.3 Å². The van der Waals surface area contributed by atoms with Crippen LogP contribution < -0.4 is 24.8 Å². The lowest BCUT2D eigenvalue weighted by Crippen LogP contribution is -2.41. The van der Waals surface area contributed by atoms with E-state index in [1.807, 2.05) is 0 Å². The predicted molar refractivity (Wildman–Crippen MR) is 135 cm³/mol. The van der Waals surface area contributed by atoms with Crippen molar-refractivity contribution in [1.82, 2.24) is 4.31 Å². The van der Waals surface area contributed by atoms with Gasteiger partial charge >= 0.3 is 5.97 Å². The van der Waals surface area contributed by atoms with Crippen molar-refractivity contribution in [3.8, 4) is 17.2 Å². The molecule has 10 nitrogen and oxygen atoms in total. The lowest BCUT2D eigenvalue weighted by molar-refractivity contribution is -0.120. The maximum atomic E-state index is 13.9. The number of sulfonamides is 1. The Hall–Kier alpha value is -4.22. The molecular weight excluding hydrogens is 512 g/mol. The van der Waals surface area contributed by atoms with Crippen LogP contribution >= 0.6 is 0 Å². The maximum Gasteiger partial charge on any atom is 0.337 e. The summed E-state index contributed by atoms with van der Waals surface area (Å²) in [5.74, 6) is -0.333. The van der Waals surface area contributed by atoms with Crippen LogP contribution in [0, 0.1) is 5.92 Å². The van der Waals surface area contributed by atoms with Gasteiger partial charge in [0.05, 0.1) is 36.0 Å². The summed E-state index contributed by atoms with van der Waals surface area (Å²) in [5.41, 5.74) is 0.724. The average molecular weight is 537 g/mol. The Morgan fingerprint density at radius 3 is 2.66 bits per heavy atom. The highest BCUT2D eigenvalue weighted by Crippen LogP contribution is 2.33. The second-order valence-corrected chi connectivity index (χ2v) is 10.6. The molecule has 2 heterocycles. The van der Waals surface area contributed by atoms with E-state index in [1.165, 1.54) is 42.8 Å². The van der Waals surface area contributed by atoms with E-state index < -0.39 is 27.8 Å². The minimum absolute atomic E-state index is 0.0610. The Morgan fingerprint density at radius 1 is 1.05 bits per heavy atom. The quantitative estimate of drug-likeness (QED) is 0.399. The molecule has 0 fully saturated rings. The zero-order valence-electron chi connectivity index (χ0n) is 20.6. The van der Waals surface area contributed by atoms with Gasteiger partial charge in [0.25, 0.3) is 5.91 Å². The van der Waals surface area contributed by atoms with Crippen LogP contribution in [0.25, 0.3) is 6.08 Å². The lowest BCUT2D eigenvalue weighted by atomic mass is 10.0. The molecule has 0 saturated heterocycles. The first-order valence-electron chi connectivity index (χ1n) is 11.6. The molecule has 0 radical (unpaired) electrons. The van der Waals surface area contributed by atoms with Gasteiger partial charge in [-0.25, -0.2) is 18.2 Å². The van der Waals surface area contributed by atoms with E-state index in [1.54, 1.807) is 42.5 Å². The number of carbonyl (C=O) groups excluding carboxylic acids is 2. The van der Waals surface area contributed by atoms with Crippen molar-refractivity contribution >= 4 is 28.0 Å². The summed E-state index contributed by atoms with van der Waals surface area (Å²) in [6.07, 6.45) is 1.71. The Bertz CT molecular complexity index is 1650. The van der Waals surface area contributed by atoms with Crippen LogP contribution in [0.2, 0.25) is 0 Å².